The third-order valence-electron chi connectivity index (χ3n) is 2.29. The van der Waals surface area contributed by atoms with Gasteiger partial charge in [0.2, 0.25) is 5.91 Å². The van der Waals surface area contributed by atoms with Crippen molar-refractivity contribution in [1.82, 2.24) is 10.6 Å². The van der Waals surface area contributed by atoms with Gasteiger partial charge in [0.05, 0.1) is 13.1 Å². The maximum Gasteiger partial charge on any atom is 0.261 e. The molecule has 0 radical (unpaired) electrons. The standard InChI is InChI=1S/C14H15BrN2O3/c1-3-7-16-13(18)9-17-14(19)10(2)20-12-6-4-5-11(15)8-12/h1,4-6,8,10H,7,9H2,2H3,(H,16,18)(H,17,19)/t10-/m1/s1. The van der Waals surface area contributed by atoms with Crippen molar-refractivity contribution >= 4 is 27.7 Å². The third-order valence-corrected chi connectivity index (χ3v) is 2.78. The summed E-state index contributed by atoms with van der Waals surface area (Å²) in [6.07, 6.45) is 4.30. The van der Waals surface area contributed by atoms with Gasteiger partial charge in [-0.15, -0.1) is 6.42 Å². The lowest BCUT2D eigenvalue weighted by molar-refractivity contribution is -0.130. The number of terminal acetylenes is 1. The lowest BCUT2D eigenvalue weighted by Crippen LogP contribution is -2.42. The molecular weight excluding hydrogens is 324 g/mol. The summed E-state index contributed by atoms with van der Waals surface area (Å²) in [6, 6.07) is 7.16. The molecule has 1 aromatic carbocycles. The highest BCUT2D eigenvalue weighted by atomic mass is 79.9. The van der Waals surface area contributed by atoms with Gasteiger partial charge in [0.25, 0.3) is 5.91 Å². The Kier molecular flexibility index (Phi) is 6.60. The van der Waals surface area contributed by atoms with E-state index >= 15 is 0 Å². The van der Waals surface area contributed by atoms with Crippen LogP contribution in [0.5, 0.6) is 5.75 Å². The van der Waals surface area contributed by atoms with Crippen LogP contribution in [0.25, 0.3) is 0 Å². The summed E-state index contributed by atoms with van der Waals surface area (Å²) in [5, 5.41) is 4.92. The highest BCUT2D eigenvalue weighted by Crippen LogP contribution is 2.18. The van der Waals surface area contributed by atoms with Crippen molar-refractivity contribution in [3.8, 4) is 18.1 Å². The molecule has 0 bridgehead atoms. The number of carbonyl (C=O) groups is 2. The van der Waals surface area contributed by atoms with Gasteiger partial charge in [0.15, 0.2) is 6.10 Å². The van der Waals surface area contributed by atoms with Gasteiger partial charge in [-0.2, -0.15) is 0 Å². The fourth-order valence-corrected chi connectivity index (χ4v) is 1.70. The van der Waals surface area contributed by atoms with Crippen LogP contribution in [0.2, 0.25) is 0 Å². The molecule has 0 spiro atoms. The molecule has 0 aliphatic carbocycles. The Hall–Kier alpha value is -2.00. The first kappa shape index (κ1) is 16.1. The molecule has 0 aliphatic heterocycles. The Morgan fingerprint density at radius 3 is 2.85 bits per heavy atom. The van der Waals surface area contributed by atoms with E-state index in [0.29, 0.717) is 5.75 Å². The maximum atomic E-state index is 11.7. The number of amides is 2. The molecular formula is C14H15BrN2O3. The second-order valence-electron chi connectivity index (χ2n) is 3.92. The normalized spacial score (nSPS) is 11.1. The van der Waals surface area contributed by atoms with Gasteiger partial charge >= 0.3 is 0 Å². The van der Waals surface area contributed by atoms with E-state index in [2.05, 4.69) is 32.5 Å². The average Bonchev–Trinajstić information content (AvgIpc) is 2.42. The van der Waals surface area contributed by atoms with Crippen molar-refractivity contribution < 1.29 is 14.3 Å². The monoisotopic (exact) mass is 338 g/mol. The lowest BCUT2D eigenvalue weighted by atomic mass is 10.3. The van der Waals surface area contributed by atoms with E-state index in [0.717, 1.165) is 4.47 Å². The fourth-order valence-electron chi connectivity index (χ4n) is 1.32. The van der Waals surface area contributed by atoms with Crippen LogP contribution in [0.3, 0.4) is 0 Å². The van der Waals surface area contributed by atoms with E-state index in [1.165, 1.54) is 0 Å². The van der Waals surface area contributed by atoms with E-state index in [-0.39, 0.29) is 24.9 Å². The minimum atomic E-state index is -0.704. The summed E-state index contributed by atoms with van der Waals surface area (Å²) >= 11 is 3.31. The predicted octanol–water partition coefficient (Wildman–Crippen LogP) is 1.08. The van der Waals surface area contributed by atoms with Crippen LogP contribution in [0.15, 0.2) is 28.7 Å². The van der Waals surface area contributed by atoms with Gasteiger partial charge in [0.1, 0.15) is 5.75 Å². The number of ether oxygens (including phenoxy) is 1. The summed E-state index contributed by atoms with van der Waals surface area (Å²) in [5.74, 6) is 2.13. The minimum absolute atomic E-state index is 0.132. The smallest absolute Gasteiger partial charge is 0.261 e. The number of rotatable bonds is 6. The van der Waals surface area contributed by atoms with Crippen molar-refractivity contribution in [2.24, 2.45) is 0 Å². The number of benzene rings is 1. The summed E-state index contributed by atoms with van der Waals surface area (Å²) in [5.41, 5.74) is 0. The van der Waals surface area contributed by atoms with Crippen LogP contribution < -0.4 is 15.4 Å². The van der Waals surface area contributed by atoms with Crippen LogP contribution in [-0.4, -0.2) is 31.0 Å². The summed E-state index contributed by atoms with van der Waals surface area (Å²) in [7, 11) is 0. The first-order valence-corrected chi connectivity index (χ1v) is 6.72. The molecule has 2 N–H and O–H groups in total. The third kappa shape index (κ3) is 5.76. The van der Waals surface area contributed by atoms with Gasteiger partial charge in [-0.1, -0.05) is 27.9 Å². The quantitative estimate of drug-likeness (QED) is 0.763. The number of nitrogens with one attached hydrogen (secondary N) is 2. The Morgan fingerprint density at radius 2 is 2.20 bits per heavy atom. The van der Waals surface area contributed by atoms with Crippen LogP contribution in [0.4, 0.5) is 0 Å². The second kappa shape index (κ2) is 8.23. The van der Waals surface area contributed by atoms with E-state index in [1.807, 2.05) is 6.07 Å². The van der Waals surface area contributed by atoms with Crippen molar-refractivity contribution in [2.75, 3.05) is 13.1 Å². The van der Waals surface area contributed by atoms with Gasteiger partial charge in [-0.3, -0.25) is 9.59 Å². The van der Waals surface area contributed by atoms with Gasteiger partial charge in [-0.05, 0) is 25.1 Å². The Morgan fingerprint density at radius 1 is 1.45 bits per heavy atom. The van der Waals surface area contributed by atoms with Crippen molar-refractivity contribution in [1.29, 1.82) is 0 Å². The maximum absolute atomic E-state index is 11.7. The molecule has 0 unspecified atom stereocenters. The summed E-state index contributed by atoms with van der Waals surface area (Å²) in [6.45, 7) is 1.61. The molecule has 1 rings (SSSR count). The Bertz CT molecular complexity index is 525. The van der Waals surface area contributed by atoms with E-state index in [1.54, 1.807) is 25.1 Å². The SMILES string of the molecule is C#CCNC(=O)CNC(=O)[C@@H](C)Oc1cccc(Br)c1. The van der Waals surface area contributed by atoms with Crippen molar-refractivity contribution in [3.63, 3.8) is 0 Å². The Labute approximate surface area is 126 Å². The van der Waals surface area contributed by atoms with Crippen LogP contribution >= 0.6 is 15.9 Å². The number of halogens is 1. The molecule has 0 saturated carbocycles. The van der Waals surface area contributed by atoms with Gasteiger partial charge in [0, 0.05) is 4.47 Å². The zero-order valence-electron chi connectivity index (χ0n) is 11.0. The topological polar surface area (TPSA) is 67.4 Å². The van der Waals surface area contributed by atoms with E-state index < -0.39 is 6.10 Å². The van der Waals surface area contributed by atoms with Crippen LogP contribution in [-0.2, 0) is 9.59 Å². The molecule has 0 saturated heterocycles. The lowest BCUT2D eigenvalue weighted by Gasteiger charge is -2.14. The number of hydrogen-bond acceptors (Lipinski definition) is 3. The largest absolute Gasteiger partial charge is 0.481 e. The summed E-state index contributed by atoms with van der Waals surface area (Å²) < 4.78 is 6.32. The molecule has 0 heterocycles. The molecule has 5 nitrogen and oxygen atoms in total. The molecule has 106 valence electrons. The molecule has 1 atom stereocenters. The number of hydrogen-bond donors (Lipinski definition) is 2. The van der Waals surface area contributed by atoms with Gasteiger partial charge in [-0.25, -0.2) is 0 Å². The van der Waals surface area contributed by atoms with Crippen molar-refractivity contribution in [2.45, 2.75) is 13.0 Å². The molecule has 0 fully saturated rings. The number of carbonyl (C=O) groups excluding carboxylic acids is 2. The molecule has 0 aliphatic rings. The average molecular weight is 339 g/mol. The molecule has 6 heteroatoms. The summed E-state index contributed by atoms with van der Waals surface area (Å²) in [4.78, 5) is 23.0. The molecule has 2 amide bonds. The minimum Gasteiger partial charge on any atom is -0.481 e. The van der Waals surface area contributed by atoms with Crippen LogP contribution in [0.1, 0.15) is 6.92 Å². The Balaban J connectivity index is 2.40. The van der Waals surface area contributed by atoms with Gasteiger partial charge < -0.3 is 15.4 Å². The fraction of sp³-hybridized carbons (Fsp3) is 0.286. The van der Waals surface area contributed by atoms with Crippen molar-refractivity contribution in [3.05, 3.63) is 28.7 Å². The molecule has 0 aromatic heterocycles. The highest BCUT2D eigenvalue weighted by Gasteiger charge is 2.15. The molecule has 20 heavy (non-hydrogen) atoms. The second-order valence-corrected chi connectivity index (χ2v) is 4.83. The highest BCUT2D eigenvalue weighted by molar-refractivity contribution is 9.10. The van der Waals surface area contributed by atoms with E-state index in [9.17, 15) is 9.59 Å². The molecule has 1 aromatic rings. The first-order valence-electron chi connectivity index (χ1n) is 5.93. The van der Waals surface area contributed by atoms with E-state index in [4.69, 9.17) is 11.2 Å². The predicted molar refractivity (Wildman–Crippen MR) is 79.1 cm³/mol. The zero-order valence-corrected chi connectivity index (χ0v) is 12.6. The zero-order chi connectivity index (χ0) is 15.0. The first-order chi connectivity index (χ1) is 9.52. The van der Waals surface area contributed by atoms with Crippen LogP contribution in [0, 0.1) is 12.3 Å².